The van der Waals surface area contributed by atoms with Crippen LogP contribution in [0.3, 0.4) is 0 Å². The van der Waals surface area contributed by atoms with Crippen molar-refractivity contribution in [2.24, 2.45) is 56.2 Å². The lowest BCUT2D eigenvalue weighted by Crippen LogP contribution is -2.67. The molecule has 6 fully saturated rings. The Hall–Kier alpha value is -0.930. The fraction of sp³-hybridized carbons (Fsp3) is 0.800. The smallest absolute Gasteiger partial charge is 0.164 e. The van der Waals surface area contributed by atoms with E-state index in [0.29, 0.717) is 45.4 Å². The van der Waals surface area contributed by atoms with Crippen molar-refractivity contribution >= 4 is 23.2 Å². The van der Waals surface area contributed by atoms with E-state index in [1.54, 1.807) is 11.3 Å². The lowest BCUT2D eigenvalue weighted by atomic mass is 9.31. The molecule has 0 radical (unpaired) electrons. The Balaban J connectivity index is 1.29. The van der Waals surface area contributed by atoms with Gasteiger partial charge in [-0.2, -0.15) is 0 Å². The molecule has 2 bridgehead atoms. The van der Waals surface area contributed by atoms with Crippen LogP contribution in [0.5, 0.6) is 0 Å². The fourth-order valence-electron chi connectivity index (χ4n) is 12.5. The third-order valence-electron chi connectivity index (χ3n) is 14.6. The highest BCUT2D eigenvalue weighted by Crippen LogP contribution is 2.78. The predicted molar refractivity (Wildman–Crippen MR) is 157 cm³/mol. The minimum Gasteiger partial charge on any atom is -0.377 e. The molecule has 2 heterocycles. The van der Waals surface area contributed by atoms with Crippen LogP contribution >= 0.6 is 11.3 Å². The van der Waals surface area contributed by atoms with Crippen LogP contribution in [0.2, 0.25) is 0 Å². The van der Waals surface area contributed by atoms with Crippen LogP contribution in [0, 0.1) is 56.2 Å². The minimum atomic E-state index is -0.286. The van der Waals surface area contributed by atoms with Crippen molar-refractivity contribution in [2.45, 2.75) is 112 Å². The molecule has 1 saturated heterocycles. The number of hydrogen-bond acceptors (Lipinski definition) is 3. The Morgan fingerprint density at radius 3 is 2.39 bits per heavy atom. The second kappa shape index (κ2) is 7.87. The van der Waals surface area contributed by atoms with Gasteiger partial charge in [-0.15, -0.1) is 11.3 Å². The summed E-state index contributed by atoms with van der Waals surface area (Å²) in [6.07, 6.45) is 14.3. The van der Waals surface area contributed by atoms with Crippen molar-refractivity contribution in [3.8, 4) is 0 Å². The van der Waals surface area contributed by atoms with Crippen LogP contribution < -0.4 is 0 Å². The molecule has 0 amide bonds. The molecule has 3 heteroatoms. The lowest BCUT2D eigenvalue weighted by Gasteiger charge is -2.73. The van der Waals surface area contributed by atoms with Gasteiger partial charge >= 0.3 is 0 Å². The molecule has 0 N–H and O–H groups in total. The summed E-state index contributed by atoms with van der Waals surface area (Å²) in [7, 11) is 0. The monoisotopic (exact) mass is 534 g/mol. The quantitative estimate of drug-likeness (QED) is 0.336. The molecule has 9 atom stereocenters. The van der Waals surface area contributed by atoms with Gasteiger partial charge in [0.2, 0.25) is 0 Å². The molecular formula is C35H50O2S. The third kappa shape index (κ3) is 3.07. The van der Waals surface area contributed by atoms with Crippen LogP contribution in [0.25, 0.3) is 6.08 Å². The zero-order valence-corrected chi connectivity index (χ0v) is 25.8. The van der Waals surface area contributed by atoms with E-state index in [9.17, 15) is 4.79 Å². The average molecular weight is 535 g/mol. The van der Waals surface area contributed by atoms with E-state index < -0.39 is 0 Å². The minimum absolute atomic E-state index is 0.179. The van der Waals surface area contributed by atoms with Gasteiger partial charge in [0.1, 0.15) is 0 Å². The highest BCUT2D eigenvalue weighted by atomic mass is 32.1. The first-order valence-corrected chi connectivity index (χ1v) is 16.6. The van der Waals surface area contributed by atoms with Crippen LogP contribution in [0.1, 0.15) is 111 Å². The van der Waals surface area contributed by atoms with Gasteiger partial charge in [0.15, 0.2) is 5.78 Å². The Morgan fingerprint density at radius 2 is 1.66 bits per heavy atom. The van der Waals surface area contributed by atoms with E-state index in [1.807, 2.05) is 0 Å². The Kier molecular flexibility index (Phi) is 5.39. The SMILES string of the molecule is CC1(C)C(=O)C(=Cc2cccs2)C[C@@]2(C)C1CC[C@]1(C)C2CCC2C3[C@H]4OC[C@@]3(CCC4(C)C)CC[C@]21C. The largest absolute Gasteiger partial charge is 0.377 e. The van der Waals surface area contributed by atoms with Crippen LogP contribution in [-0.2, 0) is 9.53 Å². The van der Waals surface area contributed by atoms with Gasteiger partial charge < -0.3 is 4.74 Å². The molecule has 2 nitrogen and oxygen atoms in total. The standard InChI is InChI=1S/C35H50O2S/c1-30(2)14-16-35-17-15-33(6)24(27(35)29(30)37-21-35)10-11-26-32(5)20-22(19-23-9-8-18-38-23)28(36)31(3,4)25(32)12-13-34(26,33)7/h8-9,18-19,24-27,29H,10-17,20-21H2,1-7H3/t24?,25?,26?,27?,29-,32+,33-,34-,35-/m1/s1. The maximum atomic E-state index is 13.9. The number of ketones is 1. The second-order valence-electron chi connectivity index (χ2n) is 16.7. The van der Waals surface area contributed by atoms with Gasteiger partial charge in [0.05, 0.1) is 12.7 Å². The summed E-state index contributed by atoms with van der Waals surface area (Å²) in [4.78, 5) is 15.2. The maximum Gasteiger partial charge on any atom is 0.164 e. The molecule has 5 aliphatic carbocycles. The number of carbonyl (C=O) groups is 1. The summed E-state index contributed by atoms with van der Waals surface area (Å²) >= 11 is 1.76. The number of fused-ring (bicyclic) bond motifs is 5. The molecule has 5 saturated carbocycles. The zero-order chi connectivity index (χ0) is 26.9. The van der Waals surface area contributed by atoms with Crippen molar-refractivity contribution in [3.05, 3.63) is 28.0 Å². The fourth-order valence-corrected chi connectivity index (χ4v) is 13.2. The van der Waals surface area contributed by atoms with E-state index >= 15 is 0 Å². The number of thiophene rings is 1. The van der Waals surface area contributed by atoms with Crippen molar-refractivity contribution in [3.63, 3.8) is 0 Å². The first-order chi connectivity index (χ1) is 17.8. The maximum absolute atomic E-state index is 13.9. The van der Waals surface area contributed by atoms with Crippen LogP contribution in [0.4, 0.5) is 0 Å². The summed E-state index contributed by atoms with van der Waals surface area (Å²) in [5.41, 5.74) is 2.43. The molecule has 1 aromatic heterocycles. The average Bonchev–Trinajstić information content (AvgIpc) is 3.47. The second-order valence-corrected chi connectivity index (χ2v) is 17.7. The molecule has 38 heavy (non-hydrogen) atoms. The molecule has 4 unspecified atom stereocenters. The van der Waals surface area contributed by atoms with E-state index in [-0.39, 0.29) is 10.8 Å². The van der Waals surface area contributed by atoms with E-state index in [1.165, 1.54) is 56.2 Å². The molecule has 0 aromatic carbocycles. The Morgan fingerprint density at radius 1 is 0.895 bits per heavy atom. The summed E-state index contributed by atoms with van der Waals surface area (Å²) < 4.78 is 6.76. The van der Waals surface area contributed by atoms with Crippen LogP contribution in [0.15, 0.2) is 23.1 Å². The molecule has 1 aromatic rings. The lowest BCUT2D eigenvalue weighted by molar-refractivity contribution is -0.236. The summed E-state index contributed by atoms with van der Waals surface area (Å²) in [6.45, 7) is 18.6. The summed E-state index contributed by atoms with van der Waals surface area (Å²) in [5.74, 6) is 3.09. The summed E-state index contributed by atoms with van der Waals surface area (Å²) in [6, 6.07) is 4.28. The van der Waals surface area contributed by atoms with Gasteiger partial charge in [0.25, 0.3) is 0 Å². The first-order valence-electron chi connectivity index (χ1n) is 15.7. The van der Waals surface area contributed by atoms with E-state index in [4.69, 9.17) is 4.74 Å². The number of carbonyl (C=O) groups excluding carboxylic acids is 1. The number of rotatable bonds is 1. The molecule has 0 spiro atoms. The molecule has 208 valence electrons. The molecule has 1 aliphatic heterocycles. The van der Waals surface area contributed by atoms with Crippen molar-refractivity contribution in [2.75, 3.05) is 6.61 Å². The van der Waals surface area contributed by atoms with Gasteiger partial charge in [-0.05, 0) is 132 Å². The van der Waals surface area contributed by atoms with E-state index in [2.05, 4.69) is 72.1 Å². The Labute approximate surface area is 235 Å². The normalized spacial score (nSPS) is 51.6. The predicted octanol–water partition coefficient (Wildman–Crippen LogP) is 9.20. The van der Waals surface area contributed by atoms with Crippen molar-refractivity contribution < 1.29 is 9.53 Å². The van der Waals surface area contributed by atoms with Crippen molar-refractivity contribution in [1.29, 1.82) is 0 Å². The van der Waals surface area contributed by atoms with Gasteiger partial charge in [-0.1, -0.05) is 54.5 Å². The van der Waals surface area contributed by atoms with Gasteiger partial charge in [-0.3, -0.25) is 4.79 Å². The van der Waals surface area contributed by atoms with Crippen LogP contribution in [-0.4, -0.2) is 18.5 Å². The molecule has 6 aliphatic rings. The molecular weight excluding hydrogens is 484 g/mol. The van der Waals surface area contributed by atoms with Gasteiger partial charge in [0, 0.05) is 10.3 Å². The summed E-state index contributed by atoms with van der Waals surface area (Å²) in [5, 5.41) is 2.13. The number of hydrogen-bond donors (Lipinski definition) is 0. The van der Waals surface area contributed by atoms with Gasteiger partial charge in [-0.25, -0.2) is 0 Å². The van der Waals surface area contributed by atoms with Crippen molar-refractivity contribution in [1.82, 2.24) is 0 Å². The third-order valence-corrected chi connectivity index (χ3v) is 15.4. The zero-order valence-electron chi connectivity index (χ0n) is 25.0. The highest BCUT2D eigenvalue weighted by Gasteiger charge is 2.73. The number of Topliss-reactive ketones (excluding diaryl/α,β-unsaturated/α-hetero) is 1. The van der Waals surface area contributed by atoms with E-state index in [0.717, 1.165) is 30.4 Å². The number of ether oxygens (including phenoxy) is 1. The first kappa shape index (κ1) is 26.0. The highest BCUT2D eigenvalue weighted by molar-refractivity contribution is 7.10. The Bertz CT molecular complexity index is 1180. The topological polar surface area (TPSA) is 26.3 Å². The number of allylic oxidation sites excluding steroid dienone is 1. The molecule has 7 rings (SSSR count).